The van der Waals surface area contributed by atoms with Crippen molar-refractivity contribution >= 4 is 17.3 Å². The molecule has 1 fully saturated rings. The Morgan fingerprint density at radius 3 is 2.48 bits per heavy atom. The van der Waals surface area contributed by atoms with Gasteiger partial charge in [-0.05, 0) is 49.6 Å². The topological polar surface area (TPSA) is 36.4 Å². The van der Waals surface area contributed by atoms with Crippen molar-refractivity contribution < 1.29 is 4.39 Å². The highest BCUT2D eigenvalue weighted by Gasteiger charge is 2.44. The van der Waals surface area contributed by atoms with Crippen molar-refractivity contribution in [2.75, 3.05) is 13.6 Å². The van der Waals surface area contributed by atoms with Crippen LogP contribution in [0, 0.1) is 12.7 Å². The van der Waals surface area contributed by atoms with Crippen LogP contribution in [0.1, 0.15) is 28.2 Å². The first-order valence-corrected chi connectivity index (χ1v) is 8.69. The summed E-state index contributed by atoms with van der Waals surface area (Å²) in [5, 5.41) is 6.76. The van der Waals surface area contributed by atoms with Gasteiger partial charge in [-0.15, -0.1) is 11.3 Å². The van der Waals surface area contributed by atoms with Crippen LogP contribution in [0.25, 0.3) is 0 Å². The molecule has 2 aromatic rings. The summed E-state index contributed by atoms with van der Waals surface area (Å²) in [6.07, 6.45) is 2.26. The molecule has 2 N–H and O–H groups in total. The molecule has 0 aliphatic heterocycles. The van der Waals surface area contributed by atoms with Crippen LogP contribution in [-0.4, -0.2) is 19.6 Å². The predicted octanol–water partition coefficient (Wildman–Crippen LogP) is 3.59. The minimum Gasteiger partial charge on any atom is -0.356 e. The Bertz CT molecular complexity index is 687. The number of hydrogen-bond acceptors (Lipinski definition) is 2. The third-order valence-electron chi connectivity index (χ3n) is 4.35. The molecule has 0 radical (unpaired) electrons. The fraction of sp³-hybridized carbons (Fsp3) is 0.389. The van der Waals surface area contributed by atoms with Crippen molar-refractivity contribution in [2.24, 2.45) is 4.99 Å². The van der Waals surface area contributed by atoms with Gasteiger partial charge in [0.1, 0.15) is 5.82 Å². The highest BCUT2D eigenvalue weighted by Crippen LogP contribution is 2.47. The van der Waals surface area contributed by atoms with Gasteiger partial charge < -0.3 is 10.6 Å². The molecule has 3 nitrogen and oxygen atoms in total. The van der Waals surface area contributed by atoms with E-state index < -0.39 is 0 Å². The van der Waals surface area contributed by atoms with Crippen LogP contribution in [0.3, 0.4) is 0 Å². The lowest BCUT2D eigenvalue weighted by Crippen LogP contribution is -2.40. The summed E-state index contributed by atoms with van der Waals surface area (Å²) in [7, 11) is 1.78. The first-order valence-electron chi connectivity index (χ1n) is 7.87. The molecule has 0 spiro atoms. The smallest absolute Gasteiger partial charge is 0.191 e. The van der Waals surface area contributed by atoms with E-state index in [0.717, 1.165) is 31.9 Å². The molecule has 1 aromatic heterocycles. The normalized spacial score (nSPS) is 16.2. The van der Waals surface area contributed by atoms with E-state index in [1.54, 1.807) is 30.5 Å². The Kier molecular flexibility index (Phi) is 4.66. The molecule has 1 aromatic carbocycles. The summed E-state index contributed by atoms with van der Waals surface area (Å²) >= 11 is 1.79. The van der Waals surface area contributed by atoms with Crippen molar-refractivity contribution in [3.63, 3.8) is 0 Å². The number of aliphatic imine (C=N–C) groups is 1. The molecule has 1 heterocycles. The molecule has 0 saturated heterocycles. The highest BCUT2D eigenvalue weighted by molar-refractivity contribution is 7.11. The van der Waals surface area contributed by atoms with Crippen molar-refractivity contribution in [2.45, 2.75) is 31.7 Å². The highest BCUT2D eigenvalue weighted by atomic mass is 32.1. The van der Waals surface area contributed by atoms with Crippen molar-refractivity contribution in [3.05, 3.63) is 57.5 Å². The summed E-state index contributed by atoms with van der Waals surface area (Å²) in [5.41, 5.74) is 1.33. The fourth-order valence-electron chi connectivity index (χ4n) is 2.75. The molecular formula is C18H22FN3S. The van der Waals surface area contributed by atoms with E-state index in [9.17, 15) is 4.39 Å². The van der Waals surface area contributed by atoms with E-state index in [0.29, 0.717) is 0 Å². The molecule has 1 aliphatic carbocycles. The summed E-state index contributed by atoms with van der Waals surface area (Å²) in [4.78, 5) is 6.90. The number of nitrogens with one attached hydrogen (secondary N) is 2. The minimum atomic E-state index is -0.179. The Balaban J connectivity index is 1.54. The van der Waals surface area contributed by atoms with Gasteiger partial charge in [0.25, 0.3) is 0 Å². The van der Waals surface area contributed by atoms with Gasteiger partial charge in [0.15, 0.2) is 5.96 Å². The number of benzene rings is 1. The molecule has 0 atom stereocenters. The maximum absolute atomic E-state index is 13.1. The van der Waals surface area contributed by atoms with Crippen LogP contribution in [0.4, 0.5) is 4.39 Å². The minimum absolute atomic E-state index is 0.130. The van der Waals surface area contributed by atoms with Crippen LogP contribution in [0.2, 0.25) is 0 Å². The first kappa shape index (κ1) is 16.0. The summed E-state index contributed by atoms with van der Waals surface area (Å²) < 4.78 is 13.1. The van der Waals surface area contributed by atoms with Gasteiger partial charge in [-0.3, -0.25) is 4.99 Å². The molecule has 0 bridgehead atoms. The summed E-state index contributed by atoms with van der Waals surface area (Å²) in [6, 6.07) is 11.2. The summed E-state index contributed by atoms with van der Waals surface area (Å²) in [6.45, 7) is 3.71. The monoisotopic (exact) mass is 331 g/mol. The van der Waals surface area contributed by atoms with Crippen LogP contribution in [0.5, 0.6) is 0 Å². The van der Waals surface area contributed by atoms with Gasteiger partial charge in [-0.1, -0.05) is 12.1 Å². The SMILES string of the molecule is CN=C(NCc1ccc(C)s1)NCC1(c2ccc(F)cc2)CC1. The lowest BCUT2D eigenvalue weighted by molar-refractivity contribution is 0.617. The molecule has 0 unspecified atom stereocenters. The molecule has 5 heteroatoms. The number of guanidine groups is 1. The number of rotatable bonds is 5. The number of aryl methyl sites for hydroxylation is 1. The van der Waals surface area contributed by atoms with E-state index in [2.05, 4.69) is 34.7 Å². The van der Waals surface area contributed by atoms with Crippen molar-refractivity contribution in [1.82, 2.24) is 10.6 Å². The lowest BCUT2D eigenvalue weighted by Gasteiger charge is -2.19. The van der Waals surface area contributed by atoms with Crippen LogP contribution in [-0.2, 0) is 12.0 Å². The number of hydrogen-bond donors (Lipinski definition) is 2. The maximum Gasteiger partial charge on any atom is 0.191 e. The van der Waals surface area contributed by atoms with Gasteiger partial charge in [-0.25, -0.2) is 4.39 Å². The van der Waals surface area contributed by atoms with Crippen molar-refractivity contribution in [3.8, 4) is 0 Å². The fourth-order valence-corrected chi connectivity index (χ4v) is 3.58. The Morgan fingerprint density at radius 1 is 1.17 bits per heavy atom. The second-order valence-electron chi connectivity index (χ2n) is 6.08. The van der Waals surface area contributed by atoms with E-state index >= 15 is 0 Å². The van der Waals surface area contributed by atoms with E-state index in [1.165, 1.54) is 15.3 Å². The van der Waals surface area contributed by atoms with E-state index in [4.69, 9.17) is 0 Å². The number of halogens is 1. The largest absolute Gasteiger partial charge is 0.356 e. The predicted molar refractivity (Wildman–Crippen MR) is 94.6 cm³/mol. The molecule has 0 amide bonds. The Hall–Kier alpha value is -1.88. The van der Waals surface area contributed by atoms with Crippen molar-refractivity contribution in [1.29, 1.82) is 0 Å². The van der Waals surface area contributed by atoms with E-state index in [1.807, 2.05) is 12.1 Å². The maximum atomic E-state index is 13.1. The third kappa shape index (κ3) is 3.91. The lowest BCUT2D eigenvalue weighted by atomic mass is 9.96. The zero-order valence-corrected chi connectivity index (χ0v) is 14.3. The number of nitrogens with zero attached hydrogens (tertiary/aromatic N) is 1. The first-order chi connectivity index (χ1) is 11.1. The van der Waals surface area contributed by atoms with Gasteiger partial charge >= 0.3 is 0 Å². The van der Waals surface area contributed by atoms with Crippen LogP contribution >= 0.6 is 11.3 Å². The molecule has 3 rings (SSSR count). The molecule has 1 aliphatic rings. The van der Waals surface area contributed by atoms with Crippen LogP contribution < -0.4 is 10.6 Å². The Labute approximate surface area is 140 Å². The number of thiophene rings is 1. The van der Waals surface area contributed by atoms with Gasteiger partial charge in [0.2, 0.25) is 0 Å². The zero-order valence-electron chi connectivity index (χ0n) is 13.5. The van der Waals surface area contributed by atoms with E-state index in [-0.39, 0.29) is 11.2 Å². The second-order valence-corrected chi connectivity index (χ2v) is 7.45. The second kappa shape index (κ2) is 6.71. The van der Waals surface area contributed by atoms with Gasteiger partial charge in [0, 0.05) is 28.8 Å². The molecule has 122 valence electrons. The van der Waals surface area contributed by atoms with Crippen LogP contribution in [0.15, 0.2) is 41.4 Å². The van der Waals surface area contributed by atoms with Gasteiger partial charge in [0.05, 0.1) is 6.54 Å². The molecule has 1 saturated carbocycles. The summed E-state index contributed by atoms with van der Waals surface area (Å²) in [5.74, 6) is 0.630. The zero-order chi connectivity index (χ0) is 16.3. The molecule has 23 heavy (non-hydrogen) atoms. The van der Waals surface area contributed by atoms with Gasteiger partial charge in [-0.2, -0.15) is 0 Å². The third-order valence-corrected chi connectivity index (χ3v) is 5.35. The average Bonchev–Trinajstić information content (AvgIpc) is 3.23. The molecular weight excluding hydrogens is 309 g/mol. The Morgan fingerprint density at radius 2 is 1.91 bits per heavy atom. The quantitative estimate of drug-likeness (QED) is 0.649. The standard InChI is InChI=1S/C18H22FN3S/c1-13-3-8-16(23-13)11-21-17(20-2)22-12-18(9-10-18)14-4-6-15(19)7-5-14/h3-8H,9-12H2,1-2H3,(H2,20,21,22). The average molecular weight is 331 g/mol.